The van der Waals surface area contributed by atoms with Gasteiger partial charge in [-0.15, -0.1) is 23.4 Å². The van der Waals surface area contributed by atoms with Crippen molar-refractivity contribution < 1.29 is 27.4 Å². The van der Waals surface area contributed by atoms with E-state index in [1.54, 1.807) is 6.92 Å². The minimum Gasteiger partial charge on any atom is -0.425 e. The number of aliphatic hydroxyl groups is 1. The van der Waals surface area contributed by atoms with Crippen molar-refractivity contribution in [1.82, 2.24) is 10.2 Å². The molecular weight excluding hydrogens is 277 g/mol. The number of aryl methyl sites for hydroxylation is 1. The van der Waals surface area contributed by atoms with Crippen LogP contribution in [0.15, 0.2) is 28.7 Å². The van der Waals surface area contributed by atoms with Gasteiger partial charge < -0.3 is 14.3 Å². The standard InChI is InChI=1S/C12H11F3N2O3/c1-7-16-17-11(19-7)6-9(18)8-4-2-3-5-10(8)20-12(13,14)15/h2-5,9,18H,6H2,1H3. The predicted molar refractivity (Wildman–Crippen MR) is 60.8 cm³/mol. The molecular formula is C12H11F3N2O3. The van der Waals surface area contributed by atoms with Crippen LogP contribution in [0.25, 0.3) is 0 Å². The number of rotatable bonds is 4. The average Bonchev–Trinajstić information content (AvgIpc) is 2.73. The highest BCUT2D eigenvalue weighted by Gasteiger charge is 2.32. The Balaban J connectivity index is 2.19. The molecule has 0 saturated carbocycles. The predicted octanol–water partition coefficient (Wildman–Crippen LogP) is 2.55. The largest absolute Gasteiger partial charge is 0.573 e. The molecule has 0 bridgehead atoms. The minimum absolute atomic E-state index is 0.000628. The molecule has 108 valence electrons. The van der Waals surface area contributed by atoms with Crippen LogP contribution in [-0.4, -0.2) is 21.7 Å². The third-order valence-corrected chi connectivity index (χ3v) is 2.44. The minimum atomic E-state index is -4.82. The molecule has 0 aliphatic carbocycles. The van der Waals surface area contributed by atoms with Crippen molar-refractivity contribution in [2.75, 3.05) is 0 Å². The van der Waals surface area contributed by atoms with Gasteiger partial charge in [0.05, 0.1) is 12.5 Å². The maximum atomic E-state index is 12.3. The fourth-order valence-corrected chi connectivity index (χ4v) is 1.67. The number of ether oxygens (including phenoxy) is 1. The van der Waals surface area contributed by atoms with E-state index in [1.165, 1.54) is 18.2 Å². The summed E-state index contributed by atoms with van der Waals surface area (Å²) in [6.45, 7) is 1.57. The smallest absolute Gasteiger partial charge is 0.425 e. The molecule has 0 radical (unpaired) electrons. The third kappa shape index (κ3) is 3.70. The molecule has 0 saturated heterocycles. The van der Waals surface area contributed by atoms with Crippen LogP contribution in [0.1, 0.15) is 23.4 Å². The number of benzene rings is 1. The van der Waals surface area contributed by atoms with Crippen LogP contribution in [-0.2, 0) is 6.42 Å². The molecule has 5 nitrogen and oxygen atoms in total. The van der Waals surface area contributed by atoms with Crippen molar-refractivity contribution in [3.05, 3.63) is 41.6 Å². The third-order valence-electron chi connectivity index (χ3n) is 2.44. The van der Waals surface area contributed by atoms with E-state index in [4.69, 9.17) is 4.42 Å². The van der Waals surface area contributed by atoms with Crippen molar-refractivity contribution in [1.29, 1.82) is 0 Å². The van der Waals surface area contributed by atoms with Crippen LogP contribution in [0.4, 0.5) is 13.2 Å². The molecule has 1 atom stereocenters. The topological polar surface area (TPSA) is 68.4 Å². The molecule has 1 aromatic heterocycles. The van der Waals surface area contributed by atoms with Crippen LogP contribution in [0.3, 0.4) is 0 Å². The Labute approximate surface area is 112 Å². The number of alkyl halides is 3. The van der Waals surface area contributed by atoms with Crippen LogP contribution in [0.2, 0.25) is 0 Å². The lowest BCUT2D eigenvalue weighted by Gasteiger charge is -2.16. The summed E-state index contributed by atoms with van der Waals surface area (Å²) in [6, 6.07) is 5.36. The first-order chi connectivity index (χ1) is 9.35. The SMILES string of the molecule is Cc1nnc(CC(O)c2ccccc2OC(F)(F)F)o1. The average molecular weight is 288 g/mol. The molecule has 0 amide bonds. The van der Waals surface area contributed by atoms with Crippen molar-refractivity contribution in [3.63, 3.8) is 0 Å². The molecule has 2 aromatic rings. The molecule has 1 unspecified atom stereocenters. The van der Waals surface area contributed by atoms with E-state index in [2.05, 4.69) is 14.9 Å². The van der Waals surface area contributed by atoms with E-state index in [1.807, 2.05) is 0 Å². The van der Waals surface area contributed by atoms with Gasteiger partial charge in [-0.1, -0.05) is 18.2 Å². The Hall–Kier alpha value is -2.09. The molecule has 20 heavy (non-hydrogen) atoms. The van der Waals surface area contributed by atoms with Crippen molar-refractivity contribution in [2.24, 2.45) is 0 Å². The van der Waals surface area contributed by atoms with Crippen molar-refractivity contribution in [3.8, 4) is 5.75 Å². The first-order valence-corrected chi connectivity index (χ1v) is 5.67. The molecule has 1 N–H and O–H groups in total. The summed E-state index contributed by atoms with van der Waals surface area (Å²) in [5.74, 6) is -0.00687. The first-order valence-electron chi connectivity index (χ1n) is 5.67. The van der Waals surface area contributed by atoms with Gasteiger partial charge in [-0.3, -0.25) is 0 Å². The summed E-state index contributed by atoms with van der Waals surface area (Å²) < 4.78 is 45.8. The van der Waals surface area contributed by atoms with Gasteiger partial charge in [0, 0.05) is 12.5 Å². The summed E-state index contributed by atoms with van der Waals surface area (Å²) in [4.78, 5) is 0. The van der Waals surface area contributed by atoms with Crippen molar-refractivity contribution in [2.45, 2.75) is 25.8 Å². The van der Waals surface area contributed by atoms with Gasteiger partial charge in [0.25, 0.3) is 0 Å². The monoisotopic (exact) mass is 288 g/mol. The number of para-hydroxylation sites is 1. The normalized spacial score (nSPS) is 13.2. The fraction of sp³-hybridized carbons (Fsp3) is 0.333. The van der Waals surface area contributed by atoms with Crippen LogP contribution >= 0.6 is 0 Å². The molecule has 0 aliphatic rings. The fourth-order valence-electron chi connectivity index (χ4n) is 1.67. The Bertz CT molecular complexity index is 583. The van der Waals surface area contributed by atoms with Gasteiger partial charge in [-0.25, -0.2) is 0 Å². The first kappa shape index (κ1) is 14.3. The highest BCUT2D eigenvalue weighted by atomic mass is 19.4. The highest BCUT2D eigenvalue weighted by Crippen LogP contribution is 2.31. The van der Waals surface area contributed by atoms with E-state index < -0.39 is 18.2 Å². The maximum absolute atomic E-state index is 12.3. The van der Waals surface area contributed by atoms with Crippen molar-refractivity contribution >= 4 is 0 Å². The van der Waals surface area contributed by atoms with E-state index in [0.717, 1.165) is 6.07 Å². The van der Waals surface area contributed by atoms with Crippen LogP contribution < -0.4 is 4.74 Å². The number of hydrogen-bond acceptors (Lipinski definition) is 5. The van der Waals surface area contributed by atoms with Crippen LogP contribution in [0, 0.1) is 6.92 Å². The van der Waals surface area contributed by atoms with Gasteiger partial charge in [-0.2, -0.15) is 0 Å². The van der Waals surface area contributed by atoms with Gasteiger partial charge >= 0.3 is 6.36 Å². The quantitative estimate of drug-likeness (QED) is 0.936. The molecule has 1 heterocycles. The number of hydrogen-bond donors (Lipinski definition) is 1. The Morgan fingerprint density at radius 2 is 2.00 bits per heavy atom. The van der Waals surface area contributed by atoms with Gasteiger partial charge in [-0.05, 0) is 6.07 Å². The van der Waals surface area contributed by atoms with E-state index in [-0.39, 0.29) is 17.9 Å². The van der Waals surface area contributed by atoms with E-state index >= 15 is 0 Å². The highest BCUT2D eigenvalue weighted by molar-refractivity contribution is 5.35. The summed E-state index contributed by atoms with van der Waals surface area (Å²) in [7, 11) is 0. The number of aromatic nitrogens is 2. The lowest BCUT2D eigenvalue weighted by atomic mass is 10.1. The Kier molecular flexibility index (Phi) is 3.93. The van der Waals surface area contributed by atoms with Gasteiger partial charge in [0.15, 0.2) is 0 Å². The number of halogens is 3. The number of nitrogens with zero attached hydrogens (tertiary/aromatic N) is 2. The maximum Gasteiger partial charge on any atom is 0.573 e. The zero-order chi connectivity index (χ0) is 14.8. The molecule has 2 rings (SSSR count). The lowest BCUT2D eigenvalue weighted by molar-refractivity contribution is -0.275. The lowest BCUT2D eigenvalue weighted by Crippen LogP contribution is -2.19. The zero-order valence-electron chi connectivity index (χ0n) is 10.4. The van der Waals surface area contributed by atoms with Gasteiger partial charge in [0.1, 0.15) is 5.75 Å². The zero-order valence-corrected chi connectivity index (χ0v) is 10.4. The molecule has 0 fully saturated rings. The van der Waals surface area contributed by atoms with Gasteiger partial charge in [0.2, 0.25) is 11.8 Å². The summed E-state index contributed by atoms with van der Waals surface area (Å²) in [5, 5.41) is 17.2. The molecule has 0 aliphatic heterocycles. The second kappa shape index (κ2) is 5.49. The summed E-state index contributed by atoms with van der Waals surface area (Å²) in [6.07, 6.45) is -6.16. The Morgan fingerprint density at radius 3 is 2.60 bits per heavy atom. The second-order valence-corrected chi connectivity index (χ2v) is 4.02. The number of aliphatic hydroxyl groups excluding tert-OH is 1. The summed E-state index contributed by atoms with van der Waals surface area (Å²) >= 11 is 0. The summed E-state index contributed by atoms with van der Waals surface area (Å²) in [5.41, 5.74) is 0.000628. The molecule has 0 spiro atoms. The molecule has 1 aromatic carbocycles. The Morgan fingerprint density at radius 1 is 1.30 bits per heavy atom. The second-order valence-electron chi connectivity index (χ2n) is 4.02. The van der Waals surface area contributed by atoms with Crippen LogP contribution in [0.5, 0.6) is 5.75 Å². The van der Waals surface area contributed by atoms with E-state index in [9.17, 15) is 18.3 Å². The molecule has 8 heteroatoms. The van der Waals surface area contributed by atoms with E-state index in [0.29, 0.717) is 5.89 Å².